The molecule has 126 valence electrons. The molecule has 0 unspecified atom stereocenters. The summed E-state index contributed by atoms with van der Waals surface area (Å²) in [6.07, 6.45) is 0. The summed E-state index contributed by atoms with van der Waals surface area (Å²) in [5.41, 5.74) is 10.4. The first-order chi connectivity index (χ1) is 12.0. The van der Waals surface area contributed by atoms with Crippen LogP contribution in [0.1, 0.15) is 11.1 Å². The number of hydrogen-bond donors (Lipinski definition) is 3. The van der Waals surface area contributed by atoms with Crippen molar-refractivity contribution in [2.45, 2.75) is 6.92 Å². The van der Waals surface area contributed by atoms with E-state index in [9.17, 15) is 9.50 Å². The molecule has 3 rings (SSSR count). The van der Waals surface area contributed by atoms with Gasteiger partial charge in [-0.2, -0.15) is 0 Å². The molecule has 0 saturated carbocycles. The number of oxime groups is 1. The molecular weight excluding hydrogens is 319 g/mol. The normalized spacial score (nSPS) is 11.5. The minimum Gasteiger partial charge on any atom is -0.507 e. The fourth-order valence-corrected chi connectivity index (χ4v) is 2.74. The summed E-state index contributed by atoms with van der Waals surface area (Å²) in [5.74, 6) is -0.540. The van der Waals surface area contributed by atoms with Gasteiger partial charge in [0.05, 0.1) is 5.56 Å². The maximum atomic E-state index is 13.2. The van der Waals surface area contributed by atoms with Gasteiger partial charge in [-0.15, -0.1) is 0 Å². The zero-order valence-electron chi connectivity index (χ0n) is 13.6. The minimum atomic E-state index is -0.295. The van der Waals surface area contributed by atoms with E-state index in [1.54, 1.807) is 24.3 Å². The summed E-state index contributed by atoms with van der Waals surface area (Å²) < 4.78 is 13.2. The smallest absolute Gasteiger partial charge is 0.173 e. The number of aromatic hydroxyl groups is 1. The van der Waals surface area contributed by atoms with Crippen molar-refractivity contribution in [2.24, 2.45) is 10.9 Å². The number of aryl methyl sites for hydroxylation is 1. The van der Waals surface area contributed by atoms with Gasteiger partial charge in [0.25, 0.3) is 0 Å². The van der Waals surface area contributed by atoms with E-state index in [0.29, 0.717) is 0 Å². The summed E-state index contributed by atoms with van der Waals surface area (Å²) in [6, 6.07) is 17.1. The maximum Gasteiger partial charge on any atom is 0.173 e. The van der Waals surface area contributed by atoms with Crippen LogP contribution in [0.25, 0.3) is 22.3 Å². The lowest BCUT2D eigenvalue weighted by Gasteiger charge is -2.13. The highest BCUT2D eigenvalue weighted by Crippen LogP contribution is 2.35. The molecule has 0 amide bonds. The Balaban J connectivity index is 2.20. The van der Waals surface area contributed by atoms with E-state index in [-0.39, 0.29) is 23.0 Å². The van der Waals surface area contributed by atoms with Gasteiger partial charge in [-0.3, -0.25) is 0 Å². The molecule has 0 heterocycles. The zero-order valence-corrected chi connectivity index (χ0v) is 13.6. The van der Waals surface area contributed by atoms with E-state index in [0.717, 1.165) is 27.8 Å². The maximum absolute atomic E-state index is 13.2. The van der Waals surface area contributed by atoms with Crippen molar-refractivity contribution in [3.8, 4) is 28.0 Å². The number of phenolic OH excluding ortho intramolecular Hbond substituents is 1. The Labute approximate surface area is 144 Å². The predicted octanol–water partition coefficient (Wildman–Crippen LogP) is 4.27. The van der Waals surface area contributed by atoms with Gasteiger partial charge >= 0.3 is 0 Å². The van der Waals surface area contributed by atoms with Crippen molar-refractivity contribution < 1.29 is 14.7 Å². The Kier molecular flexibility index (Phi) is 4.39. The highest BCUT2D eigenvalue weighted by atomic mass is 19.1. The Morgan fingerprint density at radius 2 is 1.60 bits per heavy atom. The molecule has 0 aliphatic heterocycles. The Bertz CT molecular complexity index is 950. The molecule has 25 heavy (non-hydrogen) atoms. The second-order valence-electron chi connectivity index (χ2n) is 5.77. The van der Waals surface area contributed by atoms with Crippen molar-refractivity contribution in [2.75, 3.05) is 0 Å². The topological polar surface area (TPSA) is 78.8 Å². The number of rotatable bonds is 3. The number of halogens is 1. The van der Waals surface area contributed by atoms with Crippen molar-refractivity contribution in [3.63, 3.8) is 0 Å². The van der Waals surface area contributed by atoms with Crippen molar-refractivity contribution in [3.05, 3.63) is 77.6 Å². The van der Waals surface area contributed by atoms with Gasteiger partial charge in [0.2, 0.25) is 0 Å². The molecule has 0 bridgehead atoms. The first-order valence-electron chi connectivity index (χ1n) is 7.67. The van der Waals surface area contributed by atoms with E-state index >= 15 is 0 Å². The van der Waals surface area contributed by atoms with E-state index < -0.39 is 0 Å². The molecule has 3 aromatic rings. The molecule has 0 aliphatic rings. The van der Waals surface area contributed by atoms with Gasteiger partial charge in [-0.1, -0.05) is 47.1 Å². The number of phenols is 1. The first-order valence-corrected chi connectivity index (χ1v) is 7.67. The molecule has 3 aromatic carbocycles. The number of hydrogen-bond acceptors (Lipinski definition) is 3. The summed E-state index contributed by atoms with van der Waals surface area (Å²) in [5, 5.41) is 21.8. The average molecular weight is 336 g/mol. The standard InChI is InChI=1S/C20H17FN2O2/c1-12-2-8-16(13-3-6-15(21)7-4-13)17(10-12)14-5-9-19(24)18(11-14)20(22)23-25/h2-11,24-25H,1H3,(H2,22,23). The second-order valence-corrected chi connectivity index (χ2v) is 5.77. The highest BCUT2D eigenvalue weighted by Gasteiger charge is 2.12. The van der Waals surface area contributed by atoms with Crippen LogP contribution in [-0.4, -0.2) is 16.1 Å². The molecule has 4 N–H and O–H groups in total. The van der Waals surface area contributed by atoms with Crippen LogP contribution in [0.2, 0.25) is 0 Å². The fourth-order valence-electron chi connectivity index (χ4n) is 2.74. The Morgan fingerprint density at radius 1 is 0.920 bits per heavy atom. The molecule has 5 heteroatoms. The molecule has 0 atom stereocenters. The quantitative estimate of drug-likeness (QED) is 0.289. The van der Waals surface area contributed by atoms with Crippen LogP contribution in [0.4, 0.5) is 4.39 Å². The monoisotopic (exact) mass is 336 g/mol. The van der Waals surface area contributed by atoms with Crippen LogP contribution in [0.15, 0.2) is 65.8 Å². The number of amidine groups is 1. The van der Waals surface area contributed by atoms with Crippen LogP contribution >= 0.6 is 0 Å². The van der Waals surface area contributed by atoms with E-state index in [2.05, 4.69) is 5.16 Å². The summed E-state index contributed by atoms with van der Waals surface area (Å²) in [7, 11) is 0. The second kappa shape index (κ2) is 6.65. The molecular formula is C20H17FN2O2. The van der Waals surface area contributed by atoms with E-state index in [1.807, 2.05) is 25.1 Å². The number of nitrogens with zero attached hydrogens (tertiary/aromatic N) is 1. The molecule has 4 nitrogen and oxygen atoms in total. The molecule has 0 aromatic heterocycles. The lowest BCUT2D eigenvalue weighted by Crippen LogP contribution is -2.13. The van der Waals surface area contributed by atoms with E-state index in [4.69, 9.17) is 10.9 Å². The lowest BCUT2D eigenvalue weighted by molar-refractivity contribution is 0.318. The predicted molar refractivity (Wildman–Crippen MR) is 96.2 cm³/mol. The van der Waals surface area contributed by atoms with Crippen LogP contribution in [-0.2, 0) is 0 Å². The fraction of sp³-hybridized carbons (Fsp3) is 0.0500. The van der Waals surface area contributed by atoms with Gasteiger partial charge in [0.1, 0.15) is 11.6 Å². The van der Waals surface area contributed by atoms with Gasteiger partial charge < -0.3 is 16.0 Å². The first kappa shape index (κ1) is 16.5. The molecule has 0 fully saturated rings. The zero-order chi connectivity index (χ0) is 18.0. The highest BCUT2D eigenvalue weighted by molar-refractivity contribution is 6.01. The summed E-state index contributed by atoms with van der Waals surface area (Å²) in [4.78, 5) is 0. The van der Waals surface area contributed by atoms with Gasteiger partial charge in [0, 0.05) is 0 Å². The minimum absolute atomic E-state index is 0.0740. The van der Waals surface area contributed by atoms with Gasteiger partial charge in [-0.05, 0) is 53.4 Å². The van der Waals surface area contributed by atoms with Crippen LogP contribution in [0, 0.1) is 12.7 Å². The Morgan fingerprint density at radius 3 is 2.28 bits per heavy atom. The van der Waals surface area contributed by atoms with Crippen molar-refractivity contribution in [1.82, 2.24) is 0 Å². The number of nitrogens with two attached hydrogens (primary N) is 1. The third-order valence-corrected chi connectivity index (χ3v) is 4.02. The van der Waals surface area contributed by atoms with Crippen molar-refractivity contribution in [1.29, 1.82) is 0 Å². The lowest BCUT2D eigenvalue weighted by atomic mass is 9.92. The molecule has 0 saturated heterocycles. The third-order valence-electron chi connectivity index (χ3n) is 4.02. The van der Waals surface area contributed by atoms with Crippen molar-refractivity contribution >= 4 is 5.84 Å². The van der Waals surface area contributed by atoms with Gasteiger partial charge in [-0.25, -0.2) is 4.39 Å². The largest absolute Gasteiger partial charge is 0.507 e. The van der Waals surface area contributed by atoms with Crippen LogP contribution in [0.3, 0.4) is 0 Å². The Hall–Kier alpha value is -3.34. The third kappa shape index (κ3) is 3.30. The summed E-state index contributed by atoms with van der Waals surface area (Å²) >= 11 is 0. The number of benzene rings is 3. The molecule has 0 radical (unpaired) electrons. The molecule has 0 spiro atoms. The molecule has 0 aliphatic carbocycles. The van der Waals surface area contributed by atoms with E-state index in [1.165, 1.54) is 18.2 Å². The van der Waals surface area contributed by atoms with Crippen LogP contribution < -0.4 is 5.73 Å². The van der Waals surface area contributed by atoms with Crippen LogP contribution in [0.5, 0.6) is 5.75 Å². The van der Waals surface area contributed by atoms with Gasteiger partial charge in [0.15, 0.2) is 5.84 Å². The average Bonchev–Trinajstić information content (AvgIpc) is 2.62. The summed E-state index contributed by atoms with van der Waals surface area (Å²) in [6.45, 7) is 1.98. The SMILES string of the molecule is Cc1ccc(-c2ccc(F)cc2)c(-c2ccc(O)c(/C(N)=N/O)c2)c1.